The average Bonchev–Trinajstić information content (AvgIpc) is 3.47. The van der Waals surface area contributed by atoms with Gasteiger partial charge in [0.1, 0.15) is 23.1 Å². The maximum Gasteiger partial charge on any atom is 0.301 e. The number of amides is 1. The maximum atomic E-state index is 13.9. The summed E-state index contributed by atoms with van der Waals surface area (Å²) in [5.74, 6) is -1.43. The predicted octanol–water partition coefficient (Wildman–Crippen LogP) is 7.51. The van der Waals surface area contributed by atoms with Crippen molar-refractivity contribution in [3.8, 4) is 11.5 Å². The van der Waals surface area contributed by atoms with Crippen LogP contribution in [0.25, 0.3) is 16.0 Å². The van der Waals surface area contributed by atoms with Crippen LogP contribution in [-0.4, -0.2) is 21.8 Å². The minimum Gasteiger partial charge on any atom is -0.507 e. The van der Waals surface area contributed by atoms with E-state index in [2.05, 4.69) is 4.98 Å². The summed E-state index contributed by atoms with van der Waals surface area (Å²) in [4.78, 5) is 32.7. The molecule has 4 aromatic carbocycles. The molecule has 9 heteroatoms. The number of aliphatic hydroxyl groups is 1. The van der Waals surface area contributed by atoms with E-state index in [1.165, 1.54) is 23.1 Å². The van der Waals surface area contributed by atoms with Crippen LogP contribution in [0.5, 0.6) is 11.5 Å². The van der Waals surface area contributed by atoms with Crippen molar-refractivity contribution in [3.63, 3.8) is 0 Å². The van der Waals surface area contributed by atoms with Crippen molar-refractivity contribution in [2.24, 2.45) is 0 Å². The quantitative estimate of drug-likeness (QED) is 0.138. The van der Waals surface area contributed by atoms with Crippen LogP contribution in [0.4, 0.5) is 9.52 Å². The number of aromatic nitrogens is 1. The molecule has 192 valence electrons. The first-order valence-corrected chi connectivity index (χ1v) is 13.0. The van der Waals surface area contributed by atoms with Crippen molar-refractivity contribution in [1.29, 1.82) is 0 Å². The standard InChI is InChI=1S/C30H18ClFN2O4S/c31-19-11-9-17(10-12-19)27(35)25-26(18-5-4-8-22(15-18)38-21-6-2-1-3-7-21)34(29(37)28(25)36)30-33-23-14-13-20(32)16-24(23)39-30/h1-16,26,35H. The Morgan fingerprint density at radius 2 is 1.67 bits per heavy atom. The number of rotatable bonds is 5. The molecule has 1 saturated heterocycles. The highest BCUT2D eigenvalue weighted by Gasteiger charge is 2.48. The smallest absolute Gasteiger partial charge is 0.301 e. The third-order valence-electron chi connectivity index (χ3n) is 6.26. The minimum atomic E-state index is -1.02. The highest BCUT2D eigenvalue weighted by Crippen LogP contribution is 2.45. The molecule has 0 aliphatic carbocycles. The first kappa shape index (κ1) is 24.8. The van der Waals surface area contributed by atoms with Crippen LogP contribution in [0.3, 0.4) is 0 Å². The number of ketones is 1. The van der Waals surface area contributed by atoms with Crippen LogP contribution < -0.4 is 9.64 Å². The molecule has 1 aromatic heterocycles. The van der Waals surface area contributed by atoms with E-state index in [1.807, 2.05) is 18.2 Å². The molecule has 1 fully saturated rings. The molecule has 2 heterocycles. The van der Waals surface area contributed by atoms with Crippen LogP contribution in [0, 0.1) is 5.82 Å². The fourth-order valence-electron chi connectivity index (χ4n) is 4.47. The van der Waals surface area contributed by atoms with Crippen LogP contribution in [-0.2, 0) is 9.59 Å². The number of carbonyl (C=O) groups excluding carboxylic acids is 2. The molecule has 0 saturated carbocycles. The van der Waals surface area contributed by atoms with E-state index in [9.17, 15) is 19.1 Å². The third-order valence-corrected chi connectivity index (χ3v) is 7.53. The molecule has 1 N–H and O–H groups in total. The Morgan fingerprint density at radius 1 is 0.923 bits per heavy atom. The molecule has 39 heavy (non-hydrogen) atoms. The Morgan fingerprint density at radius 3 is 2.44 bits per heavy atom. The maximum absolute atomic E-state index is 13.9. The molecule has 6 nitrogen and oxygen atoms in total. The first-order valence-electron chi connectivity index (χ1n) is 11.8. The lowest BCUT2D eigenvalue weighted by Gasteiger charge is -2.23. The Labute approximate surface area is 231 Å². The summed E-state index contributed by atoms with van der Waals surface area (Å²) >= 11 is 7.09. The van der Waals surface area contributed by atoms with Crippen molar-refractivity contribution in [2.45, 2.75) is 6.04 Å². The zero-order chi connectivity index (χ0) is 27.1. The van der Waals surface area contributed by atoms with Gasteiger partial charge in [-0.1, -0.05) is 53.3 Å². The van der Waals surface area contributed by atoms with Gasteiger partial charge in [0, 0.05) is 10.6 Å². The van der Waals surface area contributed by atoms with Crippen molar-refractivity contribution < 1.29 is 23.8 Å². The molecule has 1 aliphatic rings. The van der Waals surface area contributed by atoms with E-state index >= 15 is 0 Å². The van der Waals surface area contributed by atoms with E-state index in [1.54, 1.807) is 60.7 Å². The number of Topliss-reactive ketones (excluding diaryl/α,β-unsaturated/α-hetero) is 1. The fourth-order valence-corrected chi connectivity index (χ4v) is 5.61. The summed E-state index contributed by atoms with van der Waals surface area (Å²) < 4.78 is 20.4. The van der Waals surface area contributed by atoms with Crippen molar-refractivity contribution in [1.82, 2.24) is 4.98 Å². The second-order valence-electron chi connectivity index (χ2n) is 8.77. The van der Waals surface area contributed by atoms with Gasteiger partial charge in [0.15, 0.2) is 5.13 Å². The van der Waals surface area contributed by atoms with Gasteiger partial charge in [0.05, 0.1) is 21.8 Å². The lowest BCUT2D eigenvalue weighted by Crippen LogP contribution is -2.29. The van der Waals surface area contributed by atoms with Gasteiger partial charge < -0.3 is 9.84 Å². The third kappa shape index (κ3) is 4.65. The van der Waals surface area contributed by atoms with Gasteiger partial charge in [0.25, 0.3) is 5.78 Å². The number of fused-ring (bicyclic) bond motifs is 1. The molecule has 1 aliphatic heterocycles. The molecule has 0 bridgehead atoms. The van der Waals surface area contributed by atoms with Gasteiger partial charge in [-0.3, -0.25) is 14.5 Å². The van der Waals surface area contributed by atoms with Gasteiger partial charge in [-0.15, -0.1) is 0 Å². The number of aliphatic hydroxyl groups excluding tert-OH is 1. The summed E-state index contributed by atoms with van der Waals surface area (Å²) in [6, 6.07) is 25.5. The number of halogens is 2. The topological polar surface area (TPSA) is 79.7 Å². The number of thiazole rings is 1. The average molecular weight is 557 g/mol. The lowest BCUT2D eigenvalue weighted by molar-refractivity contribution is -0.132. The SMILES string of the molecule is O=C1C(=O)N(c2nc3ccc(F)cc3s2)C(c2cccc(Oc3ccccc3)c2)C1=C(O)c1ccc(Cl)cc1. The van der Waals surface area contributed by atoms with E-state index in [4.69, 9.17) is 16.3 Å². The number of nitrogens with zero attached hydrogens (tertiary/aromatic N) is 2. The van der Waals surface area contributed by atoms with E-state index in [-0.39, 0.29) is 16.5 Å². The molecule has 6 rings (SSSR count). The van der Waals surface area contributed by atoms with Gasteiger partial charge in [0.2, 0.25) is 0 Å². The summed E-state index contributed by atoms with van der Waals surface area (Å²) in [5, 5.41) is 12.0. The fraction of sp³-hybridized carbons (Fsp3) is 0.0333. The number of carbonyl (C=O) groups is 2. The molecule has 0 radical (unpaired) electrons. The van der Waals surface area contributed by atoms with Gasteiger partial charge in [-0.05, 0) is 72.3 Å². The zero-order valence-electron chi connectivity index (χ0n) is 20.0. The first-order chi connectivity index (χ1) is 18.9. The van der Waals surface area contributed by atoms with Gasteiger partial charge in [-0.2, -0.15) is 0 Å². The number of para-hydroxylation sites is 1. The summed E-state index contributed by atoms with van der Waals surface area (Å²) in [5.41, 5.74) is 1.22. The monoisotopic (exact) mass is 556 g/mol. The minimum absolute atomic E-state index is 0.107. The predicted molar refractivity (Wildman–Crippen MR) is 149 cm³/mol. The number of hydrogen-bond donors (Lipinski definition) is 1. The Hall–Kier alpha value is -4.53. The van der Waals surface area contributed by atoms with Gasteiger partial charge >= 0.3 is 5.91 Å². The van der Waals surface area contributed by atoms with Crippen molar-refractivity contribution >= 4 is 55.7 Å². The highest BCUT2D eigenvalue weighted by atomic mass is 35.5. The molecule has 0 spiro atoms. The zero-order valence-corrected chi connectivity index (χ0v) is 21.6. The largest absolute Gasteiger partial charge is 0.507 e. The van der Waals surface area contributed by atoms with Crippen LogP contribution >= 0.6 is 22.9 Å². The van der Waals surface area contributed by atoms with E-state index in [0.717, 1.165) is 11.3 Å². The summed E-state index contributed by atoms with van der Waals surface area (Å²) in [6.45, 7) is 0. The molecular weight excluding hydrogens is 539 g/mol. The van der Waals surface area contributed by atoms with E-state index < -0.39 is 23.5 Å². The summed E-state index contributed by atoms with van der Waals surface area (Å²) in [6.07, 6.45) is 0. The molecule has 1 amide bonds. The number of anilines is 1. The van der Waals surface area contributed by atoms with Crippen LogP contribution in [0.15, 0.2) is 103 Å². The van der Waals surface area contributed by atoms with Crippen LogP contribution in [0.2, 0.25) is 5.02 Å². The number of ether oxygens (including phenoxy) is 1. The summed E-state index contributed by atoms with van der Waals surface area (Å²) in [7, 11) is 0. The Bertz CT molecular complexity index is 1770. The highest BCUT2D eigenvalue weighted by molar-refractivity contribution is 7.22. The number of hydrogen-bond acceptors (Lipinski definition) is 6. The lowest BCUT2D eigenvalue weighted by atomic mass is 9.95. The Balaban J connectivity index is 1.52. The van der Waals surface area contributed by atoms with Crippen molar-refractivity contribution in [3.05, 3.63) is 125 Å². The number of benzene rings is 4. The molecular formula is C30H18ClFN2O4S. The van der Waals surface area contributed by atoms with Crippen molar-refractivity contribution in [2.75, 3.05) is 4.90 Å². The Kier molecular flexibility index (Phi) is 6.34. The second-order valence-corrected chi connectivity index (χ2v) is 10.2. The second kappa shape index (κ2) is 9.98. The molecule has 1 atom stereocenters. The molecule has 1 unspecified atom stereocenters. The normalized spacial score (nSPS) is 16.7. The van der Waals surface area contributed by atoms with Crippen LogP contribution in [0.1, 0.15) is 17.2 Å². The van der Waals surface area contributed by atoms with E-state index in [0.29, 0.717) is 37.9 Å². The molecule has 5 aromatic rings. The van der Waals surface area contributed by atoms with Gasteiger partial charge in [-0.25, -0.2) is 9.37 Å².